The maximum atomic E-state index is 13.1. The molecule has 0 amide bonds. The molecule has 0 bridgehead atoms. The van der Waals surface area contributed by atoms with Crippen LogP contribution in [0.5, 0.6) is 0 Å². The number of hydrogen-bond acceptors (Lipinski definition) is 3. The minimum absolute atomic E-state index is 0.0691. The molecule has 2 N–H and O–H groups in total. The van der Waals surface area contributed by atoms with E-state index in [9.17, 15) is 4.79 Å². The molecule has 0 atom stereocenters. The van der Waals surface area contributed by atoms with Crippen LogP contribution in [-0.2, 0) is 6.54 Å². The predicted octanol–water partition coefficient (Wildman–Crippen LogP) is 2.95. The average Bonchev–Trinajstić information content (AvgIpc) is 2.95. The Kier molecular flexibility index (Phi) is 3.73. The quantitative estimate of drug-likeness (QED) is 0.724. The Morgan fingerprint density at radius 1 is 1.35 bits per heavy atom. The summed E-state index contributed by atoms with van der Waals surface area (Å²) in [6, 6.07) is 6.08. The first kappa shape index (κ1) is 14.9. The molecule has 2 aromatic heterocycles. The average molecular weight is 375 g/mol. The third-order valence-corrected chi connectivity index (χ3v) is 5.32. The number of H-pyrrole nitrogens is 1. The minimum Gasteiger partial charge on any atom is -0.317 e. The number of benzene rings is 1. The monoisotopic (exact) mass is 374 g/mol. The second-order valence-corrected chi connectivity index (χ2v) is 7.25. The third kappa shape index (κ3) is 2.50. The van der Waals surface area contributed by atoms with Gasteiger partial charge in [0.2, 0.25) is 0 Å². The first-order valence-corrected chi connectivity index (χ1v) is 8.82. The van der Waals surface area contributed by atoms with E-state index in [2.05, 4.69) is 37.5 Å². The van der Waals surface area contributed by atoms with Gasteiger partial charge < -0.3 is 9.88 Å². The van der Waals surface area contributed by atoms with Gasteiger partial charge in [0, 0.05) is 16.4 Å². The van der Waals surface area contributed by atoms with Crippen LogP contribution in [0, 0.1) is 12.8 Å². The van der Waals surface area contributed by atoms with Gasteiger partial charge in [-0.3, -0.25) is 9.89 Å². The lowest BCUT2D eigenvalue weighted by Gasteiger charge is -2.24. The Morgan fingerprint density at radius 3 is 2.91 bits per heavy atom. The highest BCUT2D eigenvalue weighted by Gasteiger charge is 2.19. The molecule has 0 radical (unpaired) electrons. The smallest absolute Gasteiger partial charge is 0.262 e. The molecule has 1 saturated heterocycles. The molecule has 1 aliphatic heterocycles. The Labute approximate surface area is 142 Å². The van der Waals surface area contributed by atoms with Gasteiger partial charge in [0.1, 0.15) is 0 Å². The molecule has 0 spiro atoms. The van der Waals surface area contributed by atoms with Crippen molar-refractivity contribution < 1.29 is 0 Å². The van der Waals surface area contributed by atoms with Crippen molar-refractivity contribution in [3.8, 4) is 0 Å². The van der Waals surface area contributed by atoms with Crippen molar-refractivity contribution in [1.29, 1.82) is 0 Å². The highest BCUT2D eigenvalue weighted by molar-refractivity contribution is 9.10. The molecule has 3 heterocycles. The van der Waals surface area contributed by atoms with Crippen LogP contribution in [0.2, 0.25) is 0 Å². The molecule has 6 heteroatoms. The molecule has 1 fully saturated rings. The minimum atomic E-state index is 0.0691. The number of nitrogens with zero attached hydrogens (tertiary/aromatic N) is 2. The number of pyridine rings is 1. The zero-order valence-electron chi connectivity index (χ0n) is 13.0. The van der Waals surface area contributed by atoms with Crippen LogP contribution in [0.3, 0.4) is 0 Å². The van der Waals surface area contributed by atoms with Crippen molar-refractivity contribution in [3.05, 3.63) is 38.7 Å². The van der Waals surface area contributed by atoms with Gasteiger partial charge in [0.15, 0.2) is 0 Å². The van der Waals surface area contributed by atoms with Crippen LogP contribution in [-0.4, -0.2) is 27.9 Å². The molecule has 23 heavy (non-hydrogen) atoms. The molecule has 4 rings (SSSR count). The molecule has 0 aliphatic carbocycles. The summed E-state index contributed by atoms with van der Waals surface area (Å²) >= 11 is 3.54. The lowest BCUT2D eigenvalue weighted by atomic mass is 9.97. The van der Waals surface area contributed by atoms with E-state index in [-0.39, 0.29) is 5.56 Å². The van der Waals surface area contributed by atoms with E-state index in [1.165, 1.54) is 0 Å². The van der Waals surface area contributed by atoms with Crippen molar-refractivity contribution in [2.24, 2.45) is 5.92 Å². The van der Waals surface area contributed by atoms with E-state index in [1.54, 1.807) is 0 Å². The summed E-state index contributed by atoms with van der Waals surface area (Å²) in [5.74, 6) is 0.547. The van der Waals surface area contributed by atoms with E-state index in [4.69, 9.17) is 0 Å². The van der Waals surface area contributed by atoms with Gasteiger partial charge in [-0.2, -0.15) is 5.10 Å². The molecular formula is C17H19BrN4O. The Bertz CT molecular complexity index is 937. The molecule has 5 nitrogen and oxygen atoms in total. The number of nitrogens with one attached hydrogen (secondary N) is 2. The zero-order valence-corrected chi connectivity index (χ0v) is 14.6. The highest BCUT2D eigenvalue weighted by Crippen LogP contribution is 2.27. The first-order chi connectivity index (χ1) is 11.1. The number of aromatic amines is 1. The summed E-state index contributed by atoms with van der Waals surface area (Å²) in [4.78, 5) is 13.1. The van der Waals surface area contributed by atoms with E-state index in [0.717, 1.165) is 59.1 Å². The highest BCUT2D eigenvalue weighted by atomic mass is 79.9. The second kappa shape index (κ2) is 5.76. The van der Waals surface area contributed by atoms with Gasteiger partial charge in [-0.05, 0) is 57.0 Å². The summed E-state index contributed by atoms with van der Waals surface area (Å²) in [5.41, 5.74) is 2.66. The first-order valence-electron chi connectivity index (χ1n) is 8.02. The fourth-order valence-corrected chi connectivity index (χ4v) is 3.94. The van der Waals surface area contributed by atoms with Crippen LogP contribution in [0.25, 0.3) is 21.8 Å². The topological polar surface area (TPSA) is 62.7 Å². The summed E-state index contributed by atoms with van der Waals surface area (Å²) in [6.07, 6.45) is 2.24. The fourth-order valence-electron chi connectivity index (χ4n) is 3.58. The molecular weight excluding hydrogens is 356 g/mol. The van der Waals surface area contributed by atoms with Gasteiger partial charge >= 0.3 is 0 Å². The number of rotatable bonds is 2. The number of aromatic nitrogens is 3. The van der Waals surface area contributed by atoms with E-state index >= 15 is 0 Å². The van der Waals surface area contributed by atoms with Crippen molar-refractivity contribution in [2.45, 2.75) is 26.3 Å². The largest absolute Gasteiger partial charge is 0.317 e. The van der Waals surface area contributed by atoms with Crippen LogP contribution in [0.15, 0.2) is 27.5 Å². The predicted molar refractivity (Wildman–Crippen MR) is 95.9 cm³/mol. The van der Waals surface area contributed by atoms with Gasteiger partial charge in [0.05, 0.1) is 22.1 Å². The van der Waals surface area contributed by atoms with E-state index in [1.807, 2.05) is 23.6 Å². The van der Waals surface area contributed by atoms with Crippen molar-refractivity contribution in [2.75, 3.05) is 13.1 Å². The van der Waals surface area contributed by atoms with Gasteiger partial charge in [-0.25, -0.2) is 0 Å². The Morgan fingerprint density at radius 2 is 2.13 bits per heavy atom. The lowest BCUT2D eigenvalue weighted by molar-refractivity contribution is 0.334. The normalized spacial score (nSPS) is 16.4. The molecule has 1 aromatic carbocycles. The van der Waals surface area contributed by atoms with Crippen molar-refractivity contribution in [3.63, 3.8) is 0 Å². The van der Waals surface area contributed by atoms with Gasteiger partial charge in [-0.1, -0.05) is 15.9 Å². The van der Waals surface area contributed by atoms with Crippen LogP contribution in [0.4, 0.5) is 0 Å². The number of aryl methyl sites for hydroxylation is 1. The molecule has 1 aliphatic rings. The van der Waals surface area contributed by atoms with E-state index < -0.39 is 0 Å². The molecule has 3 aromatic rings. The number of hydrogen-bond donors (Lipinski definition) is 2. The summed E-state index contributed by atoms with van der Waals surface area (Å²) < 4.78 is 2.95. The van der Waals surface area contributed by atoms with Gasteiger partial charge in [0.25, 0.3) is 5.56 Å². The maximum absolute atomic E-state index is 13.1. The van der Waals surface area contributed by atoms with Crippen LogP contribution >= 0.6 is 15.9 Å². The van der Waals surface area contributed by atoms with Crippen molar-refractivity contribution >= 4 is 37.7 Å². The molecule has 0 saturated carbocycles. The SMILES string of the molecule is Cc1n[nH]c2c1c(=O)n(CC1CCNCC1)c1ccc(Br)cc21. The Balaban J connectivity index is 1.97. The standard InChI is InChI=1S/C17H19BrN4O/c1-10-15-16(21-20-10)13-8-12(18)2-3-14(13)22(17(15)23)9-11-4-6-19-7-5-11/h2-3,8,11,19H,4-7,9H2,1H3,(H,20,21). The van der Waals surface area contributed by atoms with Crippen molar-refractivity contribution in [1.82, 2.24) is 20.1 Å². The zero-order chi connectivity index (χ0) is 16.0. The number of fused-ring (bicyclic) bond motifs is 3. The summed E-state index contributed by atoms with van der Waals surface area (Å²) in [7, 11) is 0. The molecule has 0 unspecified atom stereocenters. The lowest BCUT2D eigenvalue weighted by Crippen LogP contribution is -2.32. The van der Waals surface area contributed by atoms with Crippen LogP contribution in [0.1, 0.15) is 18.5 Å². The fraction of sp³-hybridized carbons (Fsp3) is 0.412. The molecule has 120 valence electrons. The number of piperidine rings is 1. The Hall–Kier alpha value is -1.66. The third-order valence-electron chi connectivity index (χ3n) is 4.82. The summed E-state index contributed by atoms with van der Waals surface area (Å²) in [6.45, 7) is 4.74. The van der Waals surface area contributed by atoms with E-state index in [0.29, 0.717) is 11.3 Å². The van der Waals surface area contributed by atoms with Gasteiger partial charge in [-0.15, -0.1) is 0 Å². The summed E-state index contributed by atoms with van der Waals surface area (Å²) in [5, 5.41) is 12.4. The second-order valence-electron chi connectivity index (χ2n) is 6.33. The maximum Gasteiger partial charge on any atom is 0.262 e. The number of halogens is 1. The van der Waals surface area contributed by atoms with Crippen LogP contribution < -0.4 is 10.9 Å².